The van der Waals surface area contributed by atoms with Crippen LogP contribution >= 0.6 is 11.6 Å². The van der Waals surface area contributed by atoms with Gasteiger partial charge < -0.3 is 24.3 Å². The van der Waals surface area contributed by atoms with E-state index >= 15 is 0 Å². The largest absolute Gasteiger partial charge is 0.493 e. The topological polar surface area (TPSA) is 49.0 Å². The van der Waals surface area contributed by atoms with E-state index < -0.39 is 0 Å². The molecule has 0 saturated heterocycles. The van der Waals surface area contributed by atoms with Crippen LogP contribution < -0.4 is 24.3 Å². The second kappa shape index (κ2) is 12.2. The van der Waals surface area contributed by atoms with Crippen molar-refractivity contribution in [1.29, 1.82) is 0 Å². The Morgan fingerprint density at radius 1 is 0.812 bits per heavy atom. The molecule has 0 aromatic heterocycles. The van der Waals surface area contributed by atoms with Gasteiger partial charge in [0.05, 0.1) is 20.8 Å². The van der Waals surface area contributed by atoms with Crippen molar-refractivity contribution in [2.75, 3.05) is 27.4 Å². The van der Waals surface area contributed by atoms with E-state index in [0.717, 1.165) is 47.1 Å². The van der Waals surface area contributed by atoms with Crippen molar-refractivity contribution in [3.05, 3.63) is 82.4 Å². The van der Waals surface area contributed by atoms with Crippen LogP contribution in [0.3, 0.4) is 0 Å². The zero-order valence-electron chi connectivity index (χ0n) is 18.8. The molecule has 0 spiro atoms. The summed E-state index contributed by atoms with van der Waals surface area (Å²) in [5.41, 5.74) is 3.28. The van der Waals surface area contributed by atoms with Crippen LogP contribution in [0, 0.1) is 0 Å². The Kier molecular flexibility index (Phi) is 9.08. The fourth-order valence-corrected chi connectivity index (χ4v) is 3.49. The second-order valence-electron chi connectivity index (χ2n) is 7.21. The van der Waals surface area contributed by atoms with Crippen molar-refractivity contribution in [2.24, 2.45) is 0 Å². The molecule has 3 aromatic carbocycles. The highest BCUT2D eigenvalue weighted by atomic mass is 35.5. The molecule has 0 aliphatic rings. The number of hydrogen-bond acceptors (Lipinski definition) is 5. The standard InChI is InChI=1S/C26H30ClNO4/c1-4-31-24-7-5-6-21(26(24)32-18-20-8-11-22(27)12-9-20)17-28-15-14-19-10-13-23(29-2)25(16-19)30-3/h5-13,16,28H,4,14-15,17-18H2,1-3H3. The fourth-order valence-electron chi connectivity index (χ4n) is 3.36. The van der Waals surface area contributed by atoms with E-state index in [1.807, 2.05) is 55.5 Å². The second-order valence-corrected chi connectivity index (χ2v) is 7.65. The van der Waals surface area contributed by atoms with Gasteiger partial charge in [-0.15, -0.1) is 0 Å². The first-order valence-corrected chi connectivity index (χ1v) is 11.1. The Labute approximate surface area is 195 Å². The van der Waals surface area contributed by atoms with E-state index in [2.05, 4.69) is 17.4 Å². The van der Waals surface area contributed by atoms with Crippen LogP contribution in [0.15, 0.2) is 60.7 Å². The SMILES string of the molecule is CCOc1cccc(CNCCc2ccc(OC)c(OC)c2)c1OCc1ccc(Cl)cc1. The average molecular weight is 456 g/mol. The van der Waals surface area contributed by atoms with Crippen LogP contribution in [-0.4, -0.2) is 27.4 Å². The van der Waals surface area contributed by atoms with E-state index in [1.54, 1.807) is 14.2 Å². The summed E-state index contributed by atoms with van der Waals surface area (Å²) in [6, 6.07) is 19.6. The molecule has 0 amide bonds. The molecule has 3 aromatic rings. The molecule has 0 aliphatic carbocycles. The molecule has 6 heteroatoms. The van der Waals surface area contributed by atoms with E-state index in [9.17, 15) is 0 Å². The third-order valence-electron chi connectivity index (χ3n) is 5.01. The van der Waals surface area contributed by atoms with Crippen LogP contribution in [0.25, 0.3) is 0 Å². The van der Waals surface area contributed by atoms with Gasteiger partial charge in [0.25, 0.3) is 0 Å². The summed E-state index contributed by atoms with van der Waals surface area (Å²) in [5, 5.41) is 4.22. The lowest BCUT2D eigenvalue weighted by atomic mass is 10.1. The molecule has 0 fully saturated rings. The van der Waals surface area contributed by atoms with Crippen molar-refractivity contribution < 1.29 is 18.9 Å². The van der Waals surface area contributed by atoms with E-state index in [4.69, 9.17) is 30.5 Å². The third kappa shape index (κ3) is 6.55. The molecule has 0 unspecified atom stereocenters. The van der Waals surface area contributed by atoms with Crippen LogP contribution in [0.4, 0.5) is 0 Å². The zero-order chi connectivity index (χ0) is 22.8. The Morgan fingerprint density at radius 3 is 2.28 bits per heavy atom. The summed E-state index contributed by atoms with van der Waals surface area (Å²) in [7, 11) is 3.29. The molecule has 3 rings (SSSR count). The molecule has 0 bridgehead atoms. The van der Waals surface area contributed by atoms with Gasteiger partial charge in [0.1, 0.15) is 6.61 Å². The predicted molar refractivity (Wildman–Crippen MR) is 128 cm³/mol. The average Bonchev–Trinajstić information content (AvgIpc) is 2.82. The van der Waals surface area contributed by atoms with Gasteiger partial charge in [-0.25, -0.2) is 0 Å². The van der Waals surface area contributed by atoms with Gasteiger partial charge in [0, 0.05) is 17.1 Å². The van der Waals surface area contributed by atoms with Crippen LogP contribution in [-0.2, 0) is 19.6 Å². The first kappa shape index (κ1) is 23.8. The first-order chi connectivity index (χ1) is 15.6. The Bertz CT molecular complexity index is 992. The predicted octanol–water partition coefficient (Wildman–Crippen LogP) is 5.67. The van der Waals surface area contributed by atoms with Gasteiger partial charge in [-0.2, -0.15) is 0 Å². The van der Waals surface area contributed by atoms with E-state index in [-0.39, 0.29) is 0 Å². The number of methoxy groups -OCH3 is 2. The fraction of sp³-hybridized carbons (Fsp3) is 0.308. The van der Waals surface area contributed by atoms with Crippen molar-refractivity contribution >= 4 is 11.6 Å². The number of nitrogens with one attached hydrogen (secondary N) is 1. The molecule has 32 heavy (non-hydrogen) atoms. The summed E-state index contributed by atoms with van der Waals surface area (Å²) >= 11 is 5.99. The van der Waals surface area contributed by atoms with Gasteiger partial charge in [-0.1, -0.05) is 41.9 Å². The number of hydrogen-bond donors (Lipinski definition) is 1. The minimum absolute atomic E-state index is 0.444. The lowest BCUT2D eigenvalue weighted by Crippen LogP contribution is -2.17. The molecule has 0 aliphatic heterocycles. The smallest absolute Gasteiger partial charge is 0.166 e. The van der Waals surface area contributed by atoms with Crippen molar-refractivity contribution in [2.45, 2.75) is 26.5 Å². The third-order valence-corrected chi connectivity index (χ3v) is 5.26. The minimum atomic E-state index is 0.444. The van der Waals surface area contributed by atoms with Crippen molar-refractivity contribution in [3.63, 3.8) is 0 Å². The normalized spacial score (nSPS) is 10.6. The lowest BCUT2D eigenvalue weighted by molar-refractivity contribution is 0.266. The van der Waals surface area contributed by atoms with E-state index in [1.165, 1.54) is 5.56 Å². The highest BCUT2D eigenvalue weighted by Crippen LogP contribution is 2.32. The monoisotopic (exact) mass is 455 g/mol. The molecule has 0 heterocycles. The molecule has 0 radical (unpaired) electrons. The Hall–Kier alpha value is -2.89. The number of halogens is 1. The number of rotatable bonds is 12. The van der Waals surface area contributed by atoms with Crippen LogP contribution in [0.2, 0.25) is 5.02 Å². The molecule has 0 atom stereocenters. The summed E-state index contributed by atoms with van der Waals surface area (Å²) < 4.78 is 22.7. The maximum absolute atomic E-state index is 6.18. The lowest BCUT2D eigenvalue weighted by Gasteiger charge is -2.17. The molecule has 170 valence electrons. The maximum atomic E-state index is 6.18. The van der Waals surface area contributed by atoms with Gasteiger partial charge in [0.2, 0.25) is 0 Å². The summed E-state index contributed by atoms with van der Waals surface area (Å²) in [6.45, 7) is 4.47. The highest BCUT2D eigenvalue weighted by Gasteiger charge is 2.12. The van der Waals surface area contributed by atoms with Gasteiger partial charge in [-0.3, -0.25) is 0 Å². The maximum Gasteiger partial charge on any atom is 0.166 e. The number of para-hydroxylation sites is 1. The Morgan fingerprint density at radius 2 is 1.56 bits per heavy atom. The molecule has 1 N–H and O–H groups in total. The summed E-state index contributed by atoms with van der Waals surface area (Å²) in [6.07, 6.45) is 0.868. The van der Waals surface area contributed by atoms with Gasteiger partial charge in [-0.05, 0) is 61.3 Å². The molecular formula is C26H30ClNO4. The molecule has 0 saturated carbocycles. The molecule has 5 nitrogen and oxygen atoms in total. The van der Waals surface area contributed by atoms with Crippen molar-refractivity contribution in [3.8, 4) is 23.0 Å². The number of benzene rings is 3. The van der Waals surface area contributed by atoms with Gasteiger partial charge >= 0.3 is 0 Å². The van der Waals surface area contributed by atoms with Crippen LogP contribution in [0.5, 0.6) is 23.0 Å². The van der Waals surface area contributed by atoms with Gasteiger partial charge in [0.15, 0.2) is 23.0 Å². The van der Waals surface area contributed by atoms with Crippen LogP contribution in [0.1, 0.15) is 23.6 Å². The first-order valence-electron chi connectivity index (χ1n) is 10.7. The minimum Gasteiger partial charge on any atom is -0.493 e. The molecular weight excluding hydrogens is 426 g/mol. The summed E-state index contributed by atoms with van der Waals surface area (Å²) in [5.74, 6) is 3.00. The Balaban J connectivity index is 1.62. The quantitative estimate of drug-likeness (QED) is 0.357. The van der Waals surface area contributed by atoms with Crippen molar-refractivity contribution in [1.82, 2.24) is 5.32 Å². The number of ether oxygens (including phenoxy) is 4. The zero-order valence-corrected chi connectivity index (χ0v) is 19.6. The summed E-state index contributed by atoms with van der Waals surface area (Å²) in [4.78, 5) is 0. The van der Waals surface area contributed by atoms with E-state index in [0.29, 0.717) is 24.8 Å². The highest BCUT2D eigenvalue weighted by molar-refractivity contribution is 6.30.